The molecule has 29 heavy (non-hydrogen) atoms. The molecule has 0 radical (unpaired) electrons. The fourth-order valence-electron chi connectivity index (χ4n) is 3.56. The van der Waals surface area contributed by atoms with E-state index in [4.69, 9.17) is 9.47 Å². The zero-order chi connectivity index (χ0) is 20.3. The Hall–Kier alpha value is -2.42. The van der Waals surface area contributed by atoms with Crippen molar-refractivity contribution in [2.45, 2.75) is 24.3 Å². The Labute approximate surface area is 170 Å². The fraction of sp³-hybridized carbons (Fsp3) is 0.381. The van der Waals surface area contributed by atoms with Gasteiger partial charge in [-0.15, -0.1) is 0 Å². The monoisotopic (exact) mass is 416 g/mol. The van der Waals surface area contributed by atoms with Crippen LogP contribution in [-0.2, 0) is 26.2 Å². The molecule has 2 aromatic rings. The number of hydrogen-bond donors (Lipinski definition) is 0. The summed E-state index contributed by atoms with van der Waals surface area (Å²) in [5, 5.41) is 0. The number of sulfonamides is 1. The highest BCUT2D eigenvalue weighted by Gasteiger charge is 2.26. The van der Waals surface area contributed by atoms with Crippen LogP contribution in [0.15, 0.2) is 53.4 Å². The number of anilines is 1. The molecule has 154 valence electrons. The second kappa shape index (κ2) is 8.52. The van der Waals surface area contributed by atoms with Crippen LogP contribution in [-0.4, -0.2) is 51.5 Å². The first-order valence-electron chi connectivity index (χ1n) is 9.74. The van der Waals surface area contributed by atoms with Crippen molar-refractivity contribution in [2.24, 2.45) is 0 Å². The van der Waals surface area contributed by atoms with E-state index in [1.165, 1.54) is 4.31 Å². The lowest BCUT2D eigenvalue weighted by Gasteiger charge is -2.26. The van der Waals surface area contributed by atoms with Gasteiger partial charge in [0.25, 0.3) is 0 Å². The van der Waals surface area contributed by atoms with E-state index in [2.05, 4.69) is 0 Å². The number of carbonyl (C=O) groups is 1. The van der Waals surface area contributed by atoms with E-state index in [0.29, 0.717) is 38.5 Å². The van der Waals surface area contributed by atoms with Crippen LogP contribution in [0.3, 0.4) is 0 Å². The highest BCUT2D eigenvalue weighted by molar-refractivity contribution is 7.89. The molecule has 2 aliphatic heterocycles. The van der Waals surface area contributed by atoms with E-state index in [-0.39, 0.29) is 17.4 Å². The molecule has 0 unspecified atom stereocenters. The smallest absolute Gasteiger partial charge is 0.243 e. The molecule has 2 aromatic carbocycles. The third-order valence-electron chi connectivity index (χ3n) is 5.11. The number of morpholine rings is 1. The number of ether oxygens (including phenoxy) is 2. The Balaban J connectivity index is 1.46. The van der Waals surface area contributed by atoms with Gasteiger partial charge in [-0.25, -0.2) is 8.42 Å². The fourth-order valence-corrected chi connectivity index (χ4v) is 5.04. The quantitative estimate of drug-likeness (QED) is 0.723. The van der Waals surface area contributed by atoms with E-state index in [0.717, 1.165) is 24.2 Å². The van der Waals surface area contributed by atoms with Crippen LogP contribution in [0.1, 0.15) is 18.4 Å². The number of carbonyl (C=O) groups excluding carboxylic acids is 1. The highest BCUT2D eigenvalue weighted by Crippen LogP contribution is 2.26. The van der Waals surface area contributed by atoms with Crippen LogP contribution < -0.4 is 9.64 Å². The maximum atomic E-state index is 12.8. The molecule has 2 fully saturated rings. The molecule has 0 bridgehead atoms. The minimum atomic E-state index is -3.54. The molecule has 0 aromatic heterocycles. The molecule has 4 rings (SSSR count). The van der Waals surface area contributed by atoms with Gasteiger partial charge >= 0.3 is 0 Å². The van der Waals surface area contributed by atoms with E-state index < -0.39 is 10.0 Å². The molecule has 8 heteroatoms. The van der Waals surface area contributed by atoms with Crippen molar-refractivity contribution in [2.75, 3.05) is 37.7 Å². The normalized spacial score (nSPS) is 18.2. The van der Waals surface area contributed by atoms with Crippen molar-refractivity contribution >= 4 is 21.6 Å². The average Bonchev–Trinajstić information content (AvgIpc) is 3.19. The second-order valence-corrected chi connectivity index (χ2v) is 9.04. The Morgan fingerprint density at radius 1 is 1.00 bits per heavy atom. The van der Waals surface area contributed by atoms with Crippen molar-refractivity contribution in [3.05, 3.63) is 54.1 Å². The van der Waals surface area contributed by atoms with Gasteiger partial charge in [-0.3, -0.25) is 4.79 Å². The maximum absolute atomic E-state index is 12.8. The average molecular weight is 416 g/mol. The molecule has 2 aliphatic rings. The topological polar surface area (TPSA) is 76.2 Å². The lowest BCUT2D eigenvalue weighted by molar-refractivity contribution is -0.117. The lowest BCUT2D eigenvalue weighted by atomic mass is 10.2. The maximum Gasteiger partial charge on any atom is 0.243 e. The third kappa shape index (κ3) is 4.44. The Morgan fingerprint density at radius 3 is 2.55 bits per heavy atom. The van der Waals surface area contributed by atoms with Gasteiger partial charge in [0.2, 0.25) is 15.9 Å². The Morgan fingerprint density at radius 2 is 1.79 bits per heavy atom. The summed E-state index contributed by atoms with van der Waals surface area (Å²) in [7, 11) is -3.54. The molecule has 0 N–H and O–H groups in total. The molecule has 7 nitrogen and oxygen atoms in total. The van der Waals surface area contributed by atoms with Gasteiger partial charge in [-0.05, 0) is 36.2 Å². The summed E-state index contributed by atoms with van der Waals surface area (Å²) < 4.78 is 38.2. The van der Waals surface area contributed by atoms with Crippen molar-refractivity contribution in [1.29, 1.82) is 0 Å². The summed E-state index contributed by atoms with van der Waals surface area (Å²) in [5.41, 5.74) is 1.59. The van der Waals surface area contributed by atoms with Crippen molar-refractivity contribution in [3.63, 3.8) is 0 Å². The first kappa shape index (κ1) is 19.9. The van der Waals surface area contributed by atoms with Gasteiger partial charge in [-0.1, -0.05) is 18.2 Å². The van der Waals surface area contributed by atoms with Crippen LogP contribution >= 0.6 is 0 Å². The van der Waals surface area contributed by atoms with Crippen LogP contribution in [0, 0.1) is 0 Å². The van der Waals surface area contributed by atoms with E-state index in [1.807, 2.05) is 30.3 Å². The highest BCUT2D eigenvalue weighted by atomic mass is 32.2. The van der Waals surface area contributed by atoms with E-state index in [1.54, 1.807) is 23.1 Å². The summed E-state index contributed by atoms with van der Waals surface area (Å²) >= 11 is 0. The Kier molecular flexibility index (Phi) is 5.84. The number of nitrogens with zero attached hydrogens (tertiary/aromatic N) is 2. The number of hydrogen-bond acceptors (Lipinski definition) is 5. The van der Waals surface area contributed by atoms with Gasteiger partial charge in [0, 0.05) is 37.8 Å². The summed E-state index contributed by atoms with van der Waals surface area (Å²) in [6.45, 7) is 2.53. The van der Waals surface area contributed by atoms with Gasteiger partial charge < -0.3 is 14.4 Å². The predicted molar refractivity (Wildman–Crippen MR) is 108 cm³/mol. The standard InChI is InChI=1S/C21H24N2O5S/c24-21-8-3-9-23(21)18-5-2-6-19(15-18)28-16-17-4-1-7-20(14-17)29(25,26)22-10-12-27-13-11-22/h1-2,4-7,14-15H,3,8-13,16H2. The SMILES string of the molecule is O=C1CCCN1c1cccc(OCc2cccc(S(=O)(=O)N3CCOCC3)c2)c1. The first-order chi connectivity index (χ1) is 14.0. The number of benzene rings is 2. The summed E-state index contributed by atoms with van der Waals surface area (Å²) in [6.07, 6.45) is 1.45. The minimum Gasteiger partial charge on any atom is -0.489 e. The van der Waals surface area contributed by atoms with Crippen LogP contribution in [0.4, 0.5) is 5.69 Å². The largest absolute Gasteiger partial charge is 0.489 e. The number of rotatable bonds is 6. The van der Waals surface area contributed by atoms with Crippen LogP contribution in [0.2, 0.25) is 0 Å². The van der Waals surface area contributed by atoms with Crippen molar-refractivity contribution < 1.29 is 22.7 Å². The minimum absolute atomic E-state index is 0.128. The second-order valence-electron chi connectivity index (χ2n) is 7.10. The summed E-state index contributed by atoms with van der Waals surface area (Å²) in [4.78, 5) is 14.0. The van der Waals surface area contributed by atoms with Crippen molar-refractivity contribution in [3.8, 4) is 5.75 Å². The molecule has 0 saturated carbocycles. The molecule has 0 spiro atoms. The molecular formula is C21H24N2O5S. The first-order valence-corrected chi connectivity index (χ1v) is 11.2. The molecule has 0 atom stereocenters. The van der Waals surface area contributed by atoms with Crippen LogP contribution in [0.25, 0.3) is 0 Å². The zero-order valence-corrected chi connectivity index (χ0v) is 16.9. The van der Waals surface area contributed by atoms with Gasteiger partial charge in [0.15, 0.2) is 0 Å². The summed E-state index contributed by atoms with van der Waals surface area (Å²) in [5.74, 6) is 0.770. The molecule has 2 heterocycles. The van der Waals surface area contributed by atoms with E-state index in [9.17, 15) is 13.2 Å². The van der Waals surface area contributed by atoms with Gasteiger partial charge in [-0.2, -0.15) is 4.31 Å². The molecule has 2 saturated heterocycles. The van der Waals surface area contributed by atoms with Crippen molar-refractivity contribution in [1.82, 2.24) is 4.31 Å². The molecule has 1 amide bonds. The zero-order valence-electron chi connectivity index (χ0n) is 16.1. The van der Waals surface area contributed by atoms with E-state index >= 15 is 0 Å². The molecule has 0 aliphatic carbocycles. The van der Waals surface area contributed by atoms with Gasteiger partial charge in [0.1, 0.15) is 12.4 Å². The predicted octanol–water partition coefficient (Wildman–Crippen LogP) is 2.41. The van der Waals surface area contributed by atoms with Crippen LogP contribution in [0.5, 0.6) is 5.75 Å². The number of amides is 1. The Bertz CT molecular complexity index is 986. The third-order valence-corrected chi connectivity index (χ3v) is 7.01. The lowest BCUT2D eigenvalue weighted by Crippen LogP contribution is -2.40. The van der Waals surface area contributed by atoms with Gasteiger partial charge in [0.05, 0.1) is 18.1 Å². The summed E-state index contributed by atoms with van der Waals surface area (Å²) in [6, 6.07) is 14.3. The molecular weight excluding hydrogens is 392 g/mol.